The van der Waals surface area contributed by atoms with Crippen LogP contribution in [0.3, 0.4) is 0 Å². The monoisotopic (exact) mass is 245 g/mol. The lowest BCUT2D eigenvalue weighted by Gasteiger charge is -2.02. The Labute approximate surface area is 107 Å². The summed E-state index contributed by atoms with van der Waals surface area (Å²) >= 11 is 0. The van der Waals surface area contributed by atoms with Crippen molar-refractivity contribution in [2.75, 3.05) is 0 Å². The molecule has 1 atom stereocenters. The van der Waals surface area contributed by atoms with Crippen molar-refractivity contribution < 1.29 is 4.52 Å². The first-order valence-corrected chi connectivity index (χ1v) is 6.28. The topological polar surface area (TPSA) is 64.9 Å². The number of aryl methyl sites for hydroxylation is 2. The number of rotatable bonds is 4. The van der Waals surface area contributed by atoms with Gasteiger partial charge in [-0.2, -0.15) is 4.98 Å². The summed E-state index contributed by atoms with van der Waals surface area (Å²) in [6, 6.07) is 6.05. The van der Waals surface area contributed by atoms with Crippen molar-refractivity contribution >= 4 is 0 Å². The Balaban J connectivity index is 2.29. The lowest BCUT2D eigenvalue weighted by Crippen LogP contribution is -2.11. The highest BCUT2D eigenvalue weighted by atomic mass is 16.5. The van der Waals surface area contributed by atoms with E-state index in [1.807, 2.05) is 12.1 Å². The van der Waals surface area contributed by atoms with Crippen molar-refractivity contribution in [2.45, 2.75) is 39.7 Å². The SMILES string of the molecule is CCCC(N)c1noc(-c2cc(C)cc(C)c2)n1. The van der Waals surface area contributed by atoms with Gasteiger partial charge in [0.1, 0.15) is 0 Å². The van der Waals surface area contributed by atoms with Crippen molar-refractivity contribution in [2.24, 2.45) is 5.73 Å². The zero-order valence-electron chi connectivity index (χ0n) is 11.1. The van der Waals surface area contributed by atoms with Gasteiger partial charge in [-0.05, 0) is 32.4 Å². The van der Waals surface area contributed by atoms with E-state index in [9.17, 15) is 0 Å². The smallest absolute Gasteiger partial charge is 0.257 e. The van der Waals surface area contributed by atoms with Gasteiger partial charge in [0.2, 0.25) is 0 Å². The molecule has 2 rings (SSSR count). The van der Waals surface area contributed by atoms with Crippen LogP contribution in [0, 0.1) is 13.8 Å². The molecule has 18 heavy (non-hydrogen) atoms. The van der Waals surface area contributed by atoms with Gasteiger partial charge >= 0.3 is 0 Å². The standard InChI is InChI=1S/C14H19N3O/c1-4-5-12(15)13-16-14(18-17-13)11-7-9(2)6-10(3)8-11/h6-8,12H,4-5,15H2,1-3H3. The van der Waals surface area contributed by atoms with Gasteiger partial charge in [0, 0.05) is 5.56 Å². The van der Waals surface area contributed by atoms with Gasteiger partial charge in [-0.1, -0.05) is 35.7 Å². The van der Waals surface area contributed by atoms with E-state index in [1.165, 1.54) is 11.1 Å². The van der Waals surface area contributed by atoms with Crippen LogP contribution in [0.2, 0.25) is 0 Å². The maximum Gasteiger partial charge on any atom is 0.257 e. The molecule has 0 spiro atoms. The fourth-order valence-corrected chi connectivity index (χ4v) is 2.04. The first-order chi connectivity index (χ1) is 8.60. The number of hydrogen-bond donors (Lipinski definition) is 1. The van der Waals surface area contributed by atoms with E-state index in [0.29, 0.717) is 11.7 Å². The van der Waals surface area contributed by atoms with E-state index in [4.69, 9.17) is 10.3 Å². The summed E-state index contributed by atoms with van der Waals surface area (Å²) in [4.78, 5) is 4.38. The van der Waals surface area contributed by atoms with Crippen LogP contribution in [0.5, 0.6) is 0 Å². The van der Waals surface area contributed by atoms with Gasteiger partial charge in [-0.3, -0.25) is 0 Å². The van der Waals surface area contributed by atoms with Crippen LogP contribution in [0.4, 0.5) is 0 Å². The Bertz CT molecular complexity index is 513. The number of nitrogens with two attached hydrogens (primary N) is 1. The quantitative estimate of drug-likeness (QED) is 0.898. The number of aromatic nitrogens is 2. The Kier molecular flexibility index (Phi) is 3.77. The van der Waals surface area contributed by atoms with E-state index in [0.717, 1.165) is 18.4 Å². The third kappa shape index (κ3) is 2.76. The van der Waals surface area contributed by atoms with E-state index in [-0.39, 0.29) is 6.04 Å². The molecule has 0 aliphatic carbocycles. The van der Waals surface area contributed by atoms with Gasteiger partial charge in [-0.25, -0.2) is 0 Å². The van der Waals surface area contributed by atoms with Crippen LogP contribution in [-0.4, -0.2) is 10.1 Å². The molecule has 2 aromatic rings. The highest BCUT2D eigenvalue weighted by Gasteiger charge is 2.14. The van der Waals surface area contributed by atoms with Crippen molar-refractivity contribution in [1.82, 2.24) is 10.1 Å². The molecule has 0 bridgehead atoms. The second kappa shape index (κ2) is 5.31. The maximum absolute atomic E-state index is 5.97. The number of nitrogens with zero attached hydrogens (tertiary/aromatic N) is 2. The molecule has 2 N–H and O–H groups in total. The molecule has 4 heteroatoms. The minimum absolute atomic E-state index is 0.140. The molecule has 1 heterocycles. The zero-order valence-corrected chi connectivity index (χ0v) is 11.1. The maximum atomic E-state index is 5.97. The Morgan fingerprint density at radius 3 is 2.50 bits per heavy atom. The van der Waals surface area contributed by atoms with Crippen LogP contribution < -0.4 is 5.73 Å². The predicted octanol–water partition coefficient (Wildman–Crippen LogP) is 3.15. The van der Waals surface area contributed by atoms with Gasteiger partial charge in [0.15, 0.2) is 5.82 Å². The van der Waals surface area contributed by atoms with Crippen LogP contribution in [-0.2, 0) is 0 Å². The molecule has 0 aliphatic rings. The first-order valence-electron chi connectivity index (χ1n) is 6.28. The molecule has 0 fully saturated rings. The van der Waals surface area contributed by atoms with E-state index in [1.54, 1.807) is 0 Å². The average molecular weight is 245 g/mol. The summed E-state index contributed by atoms with van der Waals surface area (Å²) in [5.74, 6) is 1.13. The normalized spacial score (nSPS) is 12.7. The van der Waals surface area contributed by atoms with Crippen molar-refractivity contribution in [1.29, 1.82) is 0 Å². The first kappa shape index (κ1) is 12.8. The second-order valence-electron chi connectivity index (χ2n) is 4.73. The van der Waals surface area contributed by atoms with Crippen LogP contribution in [0.15, 0.2) is 22.7 Å². The lowest BCUT2D eigenvalue weighted by molar-refractivity contribution is 0.413. The molecule has 0 radical (unpaired) electrons. The highest BCUT2D eigenvalue weighted by Crippen LogP contribution is 2.22. The Hall–Kier alpha value is -1.68. The zero-order chi connectivity index (χ0) is 13.1. The summed E-state index contributed by atoms with van der Waals surface area (Å²) in [7, 11) is 0. The number of benzene rings is 1. The summed E-state index contributed by atoms with van der Waals surface area (Å²) in [6.07, 6.45) is 1.88. The van der Waals surface area contributed by atoms with Crippen LogP contribution >= 0.6 is 0 Å². The summed E-state index contributed by atoms with van der Waals surface area (Å²) < 4.78 is 5.29. The minimum atomic E-state index is -0.140. The fourth-order valence-electron chi connectivity index (χ4n) is 2.04. The molecule has 1 aromatic heterocycles. The van der Waals surface area contributed by atoms with Crippen molar-refractivity contribution in [3.63, 3.8) is 0 Å². The molecule has 0 amide bonds. The predicted molar refractivity (Wildman–Crippen MR) is 71.0 cm³/mol. The molecule has 1 unspecified atom stereocenters. The number of hydrogen-bond acceptors (Lipinski definition) is 4. The molecular weight excluding hydrogens is 226 g/mol. The van der Waals surface area contributed by atoms with Gasteiger partial charge < -0.3 is 10.3 Å². The Morgan fingerprint density at radius 1 is 1.22 bits per heavy atom. The summed E-state index contributed by atoms with van der Waals surface area (Å²) in [6.45, 7) is 6.19. The van der Waals surface area contributed by atoms with E-state index >= 15 is 0 Å². The van der Waals surface area contributed by atoms with Crippen LogP contribution in [0.25, 0.3) is 11.5 Å². The third-order valence-electron chi connectivity index (χ3n) is 2.84. The van der Waals surface area contributed by atoms with Crippen LogP contribution in [0.1, 0.15) is 42.8 Å². The largest absolute Gasteiger partial charge is 0.334 e. The second-order valence-corrected chi connectivity index (χ2v) is 4.73. The van der Waals surface area contributed by atoms with Gasteiger partial charge in [-0.15, -0.1) is 0 Å². The van der Waals surface area contributed by atoms with Gasteiger partial charge in [0.25, 0.3) is 5.89 Å². The fraction of sp³-hybridized carbons (Fsp3) is 0.429. The minimum Gasteiger partial charge on any atom is -0.334 e. The van der Waals surface area contributed by atoms with E-state index < -0.39 is 0 Å². The summed E-state index contributed by atoms with van der Waals surface area (Å²) in [5, 5.41) is 3.96. The van der Waals surface area contributed by atoms with E-state index in [2.05, 4.69) is 37.0 Å². The molecule has 1 aromatic carbocycles. The highest BCUT2D eigenvalue weighted by molar-refractivity contribution is 5.55. The molecule has 0 saturated heterocycles. The van der Waals surface area contributed by atoms with Gasteiger partial charge in [0.05, 0.1) is 6.04 Å². The molecule has 4 nitrogen and oxygen atoms in total. The third-order valence-corrected chi connectivity index (χ3v) is 2.84. The molecular formula is C14H19N3O. The molecule has 0 saturated carbocycles. The average Bonchev–Trinajstić information content (AvgIpc) is 2.77. The Morgan fingerprint density at radius 2 is 1.89 bits per heavy atom. The summed E-state index contributed by atoms with van der Waals surface area (Å²) in [5.41, 5.74) is 9.29. The molecule has 96 valence electrons. The lowest BCUT2D eigenvalue weighted by atomic mass is 10.1. The van der Waals surface area contributed by atoms with Crippen molar-refractivity contribution in [3.05, 3.63) is 35.2 Å². The van der Waals surface area contributed by atoms with Crippen molar-refractivity contribution in [3.8, 4) is 11.5 Å². The molecule has 0 aliphatic heterocycles.